The van der Waals surface area contributed by atoms with Crippen LogP contribution in [-0.4, -0.2) is 6.79 Å². The van der Waals surface area contributed by atoms with E-state index in [0.29, 0.717) is 11.5 Å². The highest BCUT2D eigenvalue weighted by atomic mass is 16.7. The molecule has 0 atom stereocenters. The average molecular weight is 243 g/mol. The molecule has 3 rings (SSSR count). The number of aryl methyl sites for hydroxylation is 1. The third kappa shape index (κ3) is 1.93. The maximum atomic E-state index is 5.76. The van der Waals surface area contributed by atoms with E-state index in [2.05, 4.69) is 0 Å². The molecule has 2 N–H and O–H groups in total. The van der Waals surface area contributed by atoms with E-state index in [1.807, 2.05) is 43.3 Å². The smallest absolute Gasteiger partial charge is 0.231 e. The second kappa shape index (κ2) is 4.14. The molecule has 0 unspecified atom stereocenters. The fraction of sp³-hybridized carbons (Fsp3) is 0.143. The van der Waals surface area contributed by atoms with Gasteiger partial charge in [-0.05, 0) is 42.8 Å². The predicted molar refractivity (Wildman–Crippen MR) is 68.2 cm³/mol. The van der Waals surface area contributed by atoms with Gasteiger partial charge in [0.1, 0.15) is 11.5 Å². The Labute approximate surface area is 105 Å². The molecule has 1 aliphatic heterocycles. The average Bonchev–Trinajstić information content (AvgIpc) is 2.81. The van der Waals surface area contributed by atoms with Gasteiger partial charge >= 0.3 is 0 Å². The molecule has 0 saturated heterocycles. The van der Waals surface area contributed by atoms with Crippen molar-refractivity contribution in [2.24, 2.45) is 0 Å². The molecule has 0 amide bonds. The van der Waals surface area contributed by atoms with Crippen molar-refractivity contribution in [2.75, 3.05) is 12.5 Å². The minimum Gasteiger partial charge on any atom is -0.457 e. The Morgan fingerprint density at radius 1 is 1.00 bits per heavy atom. The largest absolute Gasteiger partial charge is 0.457 e. The van der Waals surface area contributed by atoms with Gasteiger partial charge in [-0.1, -0.05) is 0 Å². The van der Waals surface area contributed by atoms with Gasteiger partial charge in [-0.25, -0.2) is 0 Å². The lowest BCUT2D eigenvalue weighted by Crippen LogP contribution is -1.93. The summed E-state index contributed by atoms with van der Waals surface area (Å²) in [5, 5.41) is 0. The van der Waals surface area contributed by atoms with E-state index in [1.54, 1.807) is 0 Å². The van der Waals surface area contributed by atoms with E-state index in [4.69, 9.17) is 19.9 Å². The highest BCUT2D eigenvalue weighted by Gasteiger charge is 2.14. The molecule has 0 spiro atoms. The van der Waals surface area contributed by atoms with E-state index in [9.17, 15) is 0 Å². The minimum absolute atomic E-state index is 0.264. The molecule has 0 bridgehead atoms. The number of rotatable bonds is 2. The quantitative estimate of drug-likeness (QED) is 0.823. The van der Waals surface area contributed by atoms with Gasteiger partial charge in [-0.2, -0.15) is 0 Å². The number of fused-ring (bicyclic) bond motifs is 1. The van der Waals surface area contributed by atoms with Crippen molar-refractivity contribution in [2.45, 2.75) is 6.92 Å². The van der Waals surface area contributed by atoms with Gasteiger partial charge in [0, 0.05) is 11.8 Å². The van der Waals surface area contributed by atoms with Crippen molar-refractivity contribution >= 4 is 5.69 Å². The Hall–Kier alpha value is -2.36. The maximum absolute atomic E-state index is 5.76. The van der Waals surface area contributed by atoms with Gasteiger partial charge in [0.25, 0.3) is 0 Å². The molecule has 0 fully saturated rings. The third-order valence-electron chi connectivity index (χ3n) is 2.82. The summed E-state index contributed by atoms with van der Waals surface area (Å²) in [6, 6.07) is 11.1. The first-order chi connectivity index (χ1) is 8.72. The van der Waals surface area contributed by atoms with Crippen molar-refractivity contribution < 1.29 is 14.2 Å². The van der Waals surface area contributed by atoms with Crippen LogP contribution in [0.2, 0.25) is 0 Å². The lowest BCUT2D eigenvalue weighted by atomic mass is 10.2. The van der Waals surface area contributed by atoms with Crippen LogP contribution in [0, 0.1) is 6.92 Å². The number of nitrogen functional groups attached to an aromatic ring is 1. The number of benzene rings is 2. The fourth-order valence-electron chi connectivity index (χ4n) is 1.79. The molecule has 0 aliphatic carbocycles. The molecule has 92 valence electrons. The summed E-state index contributed by atoms with van der Waals surface area (Å²) < 4.78 is 16.3. The van der Waals surface area contributed by atoms with Crippen LogP contribution in [0.3, 0.4) is 0 Å². The summed E-state index contributed by atoms with van der Waals surface area (Å²) >= 11 is 0. The van der Waals surface area contributed by atoms with Crippen LogP contribution < -0.4 is 19.9 Å². The molecule has 0 saturated carbocycles. The Kier molecular flexibility index (Phi) is 2.48. The van der Waals surface area contributed by atoms with E-state index < -0.39 is 0 Å². The number of hydrogen-bond donors (Lipinski definition) is 1. The van der Waals surface area contributed by atoms with Crippen molar-refractivity contribution in [3.63, 3.8) is 0 Å². The summed E-state index contributed by atoms with van der Waals surface area (Å²) in [6.45, 7) is 2.21. The summed E-state index contributed by atoms with van der Waals surface area (Å²) in [4.78, 5) is 0. The van der Waals surface area contributed by atoms with Gasteiger partial charge in [0.15, 0.2) is 11.5 Å². The van der Waals surface area contributed by atoms with Crippen LogP contribution in [0.1, 0.15) is 5.56 Å². The summed E-state index contributed by atoms with van der Waals surface area (Å²) in [7, 11) is 0. The third-order valence-corrected chi connectivity index (χ3v) is 2.82. The first kappa shape index (κ1) is 10.8. The van der Waals surface area contributed by atoms with Crippen LogP contribution in [0.25, 0.3) is 0 Å². The zero-order valence-electron chi connectivity index (χ0n) is 9.97. The second-order valence-electron chi connectivity index (χ2n) is 4.14. The highest BCUT2D eigenvalue weighted by Crippen LogP contribution is 2.36. The summed E-state index contributed by atoms with van der Waals surface area (Å²) in [6.07, 6.45) is 0. The molecule has 0 radical (unpaired) electrons. The normalized spacial score (nSPS) is 12.5. The van der Waals surface area contributed by atoms with Crippen molar-refractivity contribution in [1.29, 1.82) is 0 Å². The molecular weight excluding hydrogens is 230 g/mol. The molecule has 1 aliphatic rings. The van der Waals surface area contributed by atoms with Crippen LogP contribution in [0.4, 0.5) is 5.69 Å². The predicted octanol–water partition coefficient (Wildman–Crippen LogP) is 3.10. The molecule has 0 aromatic heterocycles. The van der Waals surface area contributed by atoms with Crippen molar-refractivity contribution in [3.05, 3.63) is 42.0 Å². The fourth-order valence-corrected chi connectivity index (χ4v) is 1.79. The lowest BCUT2D eigenvalue weighted by Gasteiger charge is -2.08. The Morgan fingerprint density at radius 2 is 1.72 bits per heavy atom. The number of anilines is 1. The number of hydrogen-bond acceptors (Lipinski definition) is 4. The van der Waals surface area contributed by atoms with Crippen LogP contribution >= 0.6 is 0 Å². The van der Waals surface area contributed by atoms with E-state index in [1.165, 1.54) is 0 Å². The first-order valence-electron chi connectivity index (χ1n) is 5.66. The molecule has 18 heavy (non-hydrogen) atoms. The molecule has 2 aromatic rings. The first-order valence-corrected chi connectivity index (χ1v) is 5.66. The number of ether oxygens (including phenoxy) is 3. The zero-order chi connectivity index (χ0) is 12.5. The van der Waals surface area contributed by atoms with Gasteiger partial charge in [-0.3, -0.25) is 0 Å². The Morgan fingerprint density at radius 3 is 2.56 bits per heavy atom. The van der Waals surface area contributed by atoms with Crippen LogP contribution in [-0.2, 0) is 0 Å². The van der Waals surface area contributed by atoms with E-state index in [0.717, 1.165) is 22.7 Å². The van der Waals surface area contributed by atoms with Gasteiger partial charge in [0.2, 0.25) is 6.79 Å². The van der Waals surface area contributed by atoms with Crippen molar-refractivity contribution in [1.82, 2.24) is 0 Å². The zero-order valence-corrected chi connectivity index (χ0v) is 9.97. The van der Waals surface area contributed by atoms with Gasteiger partial charge < -0.3 is 19.9 Å². The van der Waals surface area contributed by atoms with Crippen LogP contribution in [0.5, 0.6) is 23.0 Å². The van der Waals surface area contributed by atoms with Gasteiger partial charge in [-0.15, -0.1) is 0 Å². The Balaban J connectivity index is 1.85. The number of nitrogens with two attached hydrogens (primary N) is 1. The molecule has 2 aromatic carbocycles. The molecule has 4 nitrogen and oxygen atoms in total. The molecular formula is C14H13NO3. The summed E-state index contributed by atoms with van der Waals surface area (Å²) in [5.74, 6) is 2.92. The monoisotopic (exact) mass is 243 g/mol. The van der Waals surface area contributed by atoms with Gasteiger partial charge in [0.05, 0.1) is 0 Å². The van der Waals surface area contributed by atoms with Crippen molar-refractivity contribution in [3.8, 4) is 23.0 Å². The highest BCUT2D eigenvalue weighted by molar-refractivity contribution is 5.52. The molecule has 4 heteroatoms. The van der Waals surface area contributed by atoms with E-state index >= 15 is 0 Å². The topological polar surface area (TPSA) is 53.7 Å². The maximum Gasteiger partial charge on any atom is 0.231 e. The van der Waals surface area contributed by atoms with Crippen LogP contribution in [0.15, 0.2) is 36.4 Å². The SMILES string of the molecule is Cc1cc(Oc2ccc3c(c2)OCO3)ccc1N. The second-order valence-corrected chi connectivity index (χ2v) is 4.14. The lowest BCUT2D eigenvalue weighted by molar-refractivity contribution is 0.174. The summed E-state index contributed by atoms with van der Waals surface area (Å²) in [5.41, 5.74) is 7.51. The standard InChI is InChI=1S/C14H13NO3/c1-9-6-10(2-4-12(9)15)18-11-3-5-13-14(7-11)17-8-16-13/h2-7H,8,15H2,1H3. The minimum atomic E-state index is 0.264. The van der Waals surface area contributed by atoms with E-state index in [-0.39, 0.29) is 6.79 Å². The molecule has 1 heterocycles. The Bertz CT molecular complexity index is 596.